The van der Waals surface area contributed by atoms with E-state index in [9.17, 15) is 0 Å². The molecule has 0 aromatic heterocycles. The lowest BCUT2D eigenvalue weighted by Gasteiger charge is -2.42. The number of rotatable bonds is 5. The van der Waals surface area contributed by atoms with E-state index in [4.69, 9.17) is 5.73 Å². The van der Waals surface area contributed by atoms with Gasteiger partial charge in [-0.15, -0.1) is 0 Å². The molecule has 0 bridgehead atoms. The van der Waals surface area contributed by atoms with Gasteiger partial charge in [0.25, 0.3) is 0 Å². The topological polar surface area (TPSA) is 29.3 Å². The van der Waals surface area contributed by atoms with Crippen LogP contribution < -0.4 is 5.73 Å². The first-order valence-electron chi connectivity index (χ1n) is 8.14. The summed E-state index contributed by atoms with van der Waals surface area (Å²) < 4.78 is 0. The Balaban J connectivity index is 2.27. The van der Waals surface area contributed by atoms with Crippen molar-refractivity contribution in [2.24, 2.45) is 11.7 Å². The van der Waals surface area contributed by atoms with Crippen LogP contribution in [0.5, 0.6) is 0 Å². The Morgan fingerprint density at radius 2 is 1.85 bits per heavy atom. The highest BCUT2D eigenvalue weighted by atomic mass is 15.2. The van der Waals surface area contributed by atoms with E-state index in [0.717, 1.165) is 0 Å². The van der Waals surface area contributed by atoms with Crippen LogP contribution in [0.1, 0.15) is 58.6 Å². The van der Waals surface area contributed by atoms with Gasteiger partial charge in [-0.05, 0) is 37.7 Å². The zero-order valence-electron chi connectivity index (χ0n) is 13.4. The quantitative estimate of drug-likeness (QED) is 0.880. The Morgan fingerprint density at radius 3 is 2.40 bits per heavy atom. The van der Waals surface area contributed by atoms with Crippen molar-refractivity contribution < 1.29 is 0 Å². The molecule has 1 saturated heterocycles. The molecule has 0 radical (unpaired) electrons. The SMILES string of the molecule is CCC1CCC(C)N1C(C(C)C)C(N)c1ccccc1. The van der Waals surface area contributed by atoms with Crippen molar-refractivity contribution in [3.63, 3.8) is 0 Å². The molecule has 20 heavy (non-hydrogen) atoms. The van der Waals surface area contributed by atoms with Gasteiger partial charge in [0.1, 0.15) is 0 Å². The number of likely N-dealkylation sites (tertiary alicyclic amines) is 1. The number of nitrogens with two attached hydrogens (primary N) is 1. The summed E-state index contributed by atoms with van der Waals surface area (Å²) in [6, 6.07) is 12.5. The van der Waals surface area contributed by atoms with Gasteiger partial charge in [-0.3, -0.25) is 4.90 Å². The molecule has 1 aliphatic heterocycles. The van der Waals surface area contributed by atoms with Crippen LogP contribution in [-0.4, -0.2) is 23.0 Å². The normalized spacial score (nSPS) is 26.9. The second-order valence-electron chi connectivity index (χ2n) is 6.61. The van der Waals surface area contributed by atoms with E-state index in [1.807, 2.05) is 0 Å². The van der Waals surface area contributed by atoms with Crippen LogP contribution in [0.25, 0.3) is 0 Å². The molecule has 112 valence electrons. The third-order valence-corrected chi connectivity index (χ3v) is 4.90. The molecule has 0 aliphatic carbocycles. The van der Waals surface area contributed by atoms with Gasteiger partial charge in [0, 0.05) is 24.2 Å². The highest BCUT2D eigenvalue weighted by molar-refractivity contribution is 5.21. The first-order chi connectivity index (χ1) is 9.56. The predicted octanol–water partition coefficient (Wildman–Crippen LogP) is 3.97. The lowest BCUT2D eigenvalue weighted by atomic mass is 9.89. The first-order valence-corrected chi connectivity index (χ1v) is 8.14. The lowest BCUT2D eigenvalue weighted by Crippen LogP contribution is -2.51. The summed E-state index contributed by atoms with van der Waals surface area (Å²) in [5.74, 6) is 0.569. The molecule has 2 N–H and O–H groups in total. The number of hydrogen-bond acceptors (Lipinski definition) is 2. The minimum atomic E-state index is 0.103. The fourth-order valence-electron chi connectivity index (χ4n) is 3.86. The van der Waals surface area contributed by atoms with Crippen LogP contribution in [0.3, 0.4) is 0 Å². The van der Waals surface area contributed by atoms with E-state index >= 15 is 0 Å². The summed E-state index contributed by atoms with van der Waals surface area (Å²) in [5.41, 5.74) is 7.92. The molecule has 1 heterocycles. The van der Waals surface area contributed by atoms with Gasteiger partial charge in [-0.25, -0.2) is 0 Å². The minimum absolute atomic E-state index is 0.103. The van der Waals surface area contributed by atoms with Gasteiger partial charge < -0.3 is 5.73 Å². The van der Waals surface area contributed by atoms with Crippen molar-refractivity contribution in [2.75, 3.05) is 0 Å². The summed E-state index contributed by atoms with van der Waals surface area (Å²) in [6.45, 7) is 9.29. The van der Waals surface area contributed by atoms with Crippen LogP contribution in [0.4, 0.5) is 0 Å². The number of benzene rings is 1. The average molecular weight is 274 g/mol. The minimum Gasteiger partial charge on any atom is -0.323 e. The Hall–Kier alpha value is -0.860. The Morgan fingerprint density at radius 1 is 1.20 bits per heavy atom. The maximum atomic E-state index is 6.66. The van der Waals surface area contributed by atoms with Crippen LogP contribution in [0.15, 0.2) is 30.3 Å². The number of hydrogen-bond donors (Lipinski definition) is 1. The monoisotopic (exact) mass is 274 g/mol. The third kappa shape index (κ3) is 3.07. The molecule has 1 aliphatic rings. The molecule has 1 aromatic carbocycles. The van der Waals surface area contributed by atoms with Crippen LogP contribution in [0, 0.1) is 5.92 Å². The van der Waals surface area contributed by atoms with Gasteiger partial charge in [0.2, 0.25) is 0 Å². The van der Waals surface area contributed by atoms with E-state index < -0.39 is 0 Å². The zero-order valence-corrected chi connectivity index (χ0v) is 13.4. The molecular weight excluding hydrogens is 244 g/mol. The van der Waals surface area contributed by atoms with Crippen molar-refractivity contribution in [1.82, 2.24) is 4.90 Å². The summed E-state index contributed by atoms with van der Waals surface area (Å²) >= 11 is 0. The highest BCUT2D eigenvalue weighted by Gasteiger charge is 2.39. The molecule has 2 rings (SSSR count). The lowest BCUT2D eigenvalue weighted by molar-refractivity contribution is 0.0810. The maximum Gasteiger partial charge on any atom is 0.0455 e. The molecular formula is C18H30N2. The van der Waals surface area contributed by atoms with Crippen molar-refractivity contribution in [3.8, 4) is 0 Å². The molecule has 1 fully saturated rings. The summed E-state index contributed by atoms with van der Waals surface area (Å²) in [5, 5.41) is 0. The van der Waals surface area contributed by atoms with Crippen LogP contribution in [-0.2, 0) is 0 Å². The third-order valence-electron chi connectivity index (χ3n) is 4.90. The van der Waals surface area contributed by atoms with E-state index in [0.29, 0.717) is 24.0 Å². The van der Waals surface area contributed by atoms with Gasteiger partial charge in [-0.2, -0.15) is 0 Å². The van der Waals surface area contributed by atoms with E-state index in [2.05, 4.69) is 62.9 Å². The fourth-order valence-corrected chi connectivity index (χ4v) is 3.86. The molecule has 4 unspecified atom stereocenters. The number of nitrogens with zero attached hydrogens (tertiary/aromatic N) is 1. The zero-order chi connectivity index (χ0) is 14.7. The van der Waals surface area contributed by atoms with Gasteiger partial charge in [0.05, 0.1) is 0 Å². The molecule has 2 nitrogen and oxygen atoms in total. The highest BCUT2D eigenvalue weighted by Crippen LogP contribution is 2.35. The molecule has 0 saturated carbocycles. The summed E-state index contributed by atoms with van der Waals surface area (Å²) in [6.07, 6.45) is 3.86. The van der Waals surface area contributed by atoms with E-state index in [1.165, 1.54) is 24.8 Å². The predicted molar refractivity (Wildman–Crippen MR) is 86.6 cm³/mol. The largest absolute Gasteiger partial charge is 0.323 e. The van der Waals surface area contributed by atoms with Crippen molar-refractivity contribution in [2.45, 2.75) is 71.1 Å². The standard InChI is InChI=1S/C18H30N2/c1-5-16-12-11-14(4)20(16)18(13(2)3)17(19)15-9-7-6-8-10-15/h6-10,13-14,16-18H,5,11-12,19H2,1-4H3. The van der Waals surface area contributed by atoms with Crippen LogP contribution >= 0.6 is 0 Å². The molecule has 0 spiro atoms. The average Bonchev–Trinajstić information content (AvgIpc) is 2.81. The van der Waals surface area contributed by atoms with Crippen molar-refractivity contribution >= 4 is 0 Å². The summed E-state index contributed by atoms with van der Waals surface area (Å²) in [4.78, 5) is 2.71. The van der Waals surface area contributed by atoms with Crippen LogP contribution in [0.2, 0.25) is 0 Å². The molecule has 1 aromatic rings. The van der Waals surface area contributed by atoms with E-state index in [-0.39, 0.29) is 6.04 Å². The smallest absolute Gasteiger partial charge is 0.0455 e. The molecule has 0 amide bonds. The molecule has 4 atom stereocenters. The maximum absolute atomic E-state index is 6.66. The second-order valence-corrected chi connectivity index (χ2v) is 6.61. The van der Waals surface area contributed by atoms with Gasteiger partial charge >= 0.3 is 0 Å². The molecule has 2 heteroatoms. The van der Waals surface area contributed by atoms with Gasteiger partial charge in [0.15, 0.2) is 0 Å². The second kappa shape index (κ2) is 6.73. The van der Waals surface area contributed by atoms with E-state index in [1.54, 1.807) is 0 Å². The van der Waals surface area contributed by atoms with Gasteiger partial charge in [-0.1, -0.05) is 51.1 Å². The summed E-state index contributed by atoms with van der Waals surface area (Å²) in [7, 11) is 0. The fraction of sp³-hybridized carbons (Fsp3) is 0.667. The first kappa shape index (κ1) is 15.5. The van der Waals surface area contributed by atoms with Crippen molar-refractivity contribution in [1.29, 1.82) is 0 Å². The van der Waals surface area contributed by atoms with Crippen molar-refractivity contribution in [3.05, 3.63) is 35.9 Å². The Kier molecular flexibility index (Phi) is 5.22. The Bertz CT molecular complexity index is 401. The Labute approximate surface area is 124 Å².